The predicted octanol–water partition coefficient (Wildman–Crippen LogP) is 3.95. The molecule has 30 heavy (non-hydrogen) atoms. The molecule has 1 saturated heterocycles. The average Bonchev–Trinajstić information content (AvgIpc) is 2.97. The van der Waals surface area contributed by atoms with Crippen LogP contribution in [0.15, 0.2) is 23.9 Å². The van der Waals surface area contributed by atoms with Crippen molar-refractivity contribution < 1.29 is 19.1 Å². The number of rotatable bonds is 8. The van der Waals surface area contributed by atoms with E-state index in [2.05, 4.69) is 25.7 Å². The molecule has 0 saturated carbocycles. The molecule has 0 radical (unpaired) electrons. The molecule has 0 aromatic heterocycles. The van der Waals surface area contributed by atoms with Gasteiger partial charge < -0.3 is 14.4 Å². The Kier molecular flexibility index (Phi) is 7.06. The van der Waals surface area contributed by atoms with E-state index in [0.29, 0.717) is 46.7 Å². The third kappa shape index (κ3) is 4.32. The molecule has 0 aliphatic carbocycles. The van der Waals surface area contributed by atoms with Crippen LogP contribution in [0.2, 0.25) is 0 Å². The molecule has 2 amide bonds. The van der Waals surface area contributed by atoms with E-state index >= 15 is 0 Å². The Morgan fingerprint density at radius 2 is 1.63 bits per heavy atom. The van der Waals surface area contributed by atoms with Crippen LogP contribution in [0.1, 0.15) is 52.0 Å². The fourth-order valence-electron chi connectivity index (χ4n) is 4.68. The molecule has 6 nitrogen and oxygen atoms in total. The van der Waals surface area contributed by atoms with Crippen molar-refractivity contribution in [3.05, 3.63) is 29.5 Å². The normalized spacial score (nSPS) is 22.2. The van der Waals surface area contributed by atoms with E-state index in [4.69, 9.17) is 9.47 Å². The Hall–Kier alpha value is -2.50. The number of carbonyl (C=O) groups excluding carboxylic acids is 2. The Labute approximate surface area is 179 Å². The highest BCUT2D eigenvalue weighted by Crippen LogP contribution is 2.38. The maximum Gasteiger partial charge on any atom is 0.277 e. The lowest BCUT2D eigenvalue weighted by Gasteiger charge is -2.37. The predicted molar refractivity (Wildman–Crippen MR) is 117 cm³/mol. The van der Waals surface area contributed by atoms with Crippen molar-refractivity contribution >= 4 is 17.4 Å². The molecule has 2 aliphatic heterocycles. The number of likely N-dealkylation sites (tertiary alicyclic amines) is 1. The van der Waals surface area contributed by atoms with E-state index in [1.165, 1.54) is 4.90 Å². The zero-order valence-corrected chi connectivity index (χ0v) is 18.9. The van der Waals surface area contributed by atoms with Gasteiger partial charge in [0.25, 0.3) is 11.8 Å². The standard InChI is InChI=1S/C24H34N2O4/c1-6-7-8-11-26-23(27)21(18-9-10-19(29-4)20(13-18)30-5)22(24(26)28)25-14-16(2)12-17(3)15-25/h9-10,13,16-17H,6-8,11-12,14-15H2,1-5H3. The van der Waals surface area contributed by atoms with Crippen LogP contribution in [0.5, 0.6) is 11.5 Å². The zero-order chi connectivity index (χ0) is 21.8. The lowest BCUT2D eigenvalue weighted by molar-refractivity contribution is -0.137. The molecule has 2 unspecified atom stereocenters. The second-order valence-electron chi connectivity index (χ2n) is 8.61. The molecule has 1 aromatic rings. The van der Waals surface area contributed by atoms with Gasteiger partial charge in [-0.05, 0) is 42.4 Å². The van der Waals surface area contributed by atoms with Crippen LogP contribution in [-0.4, -0.2) is 55.5 Å². The molecule has 0 N–H and O–H groups in total. The summed E-state index contributed by atoms with van der Waals surface area (Å²) in [5, 5.41) is 0. The van der Waals surface area contributed by atoms with Gasteiger partial charge in [0.1, 0.15) is 5.70 Å². The first-order valence-electron chi connectivity index (χ1n) is 11.0. The Balaban J connectivity index is 2.05. The van der Waals surface area contributed by atoms with Gasteiger partial charge in [0.15, 0.2) is 11.5 Å². The number of ether oxygens (including phenoxy) is 2. The van der Waals surface area contributed by atoms with Crippen LogP contribution < -0.4 is 9.47 Å². The number of hydrogen-bond donors (Lipinski definition) is 0. The largest absolute Gasteiger partial charge is 0.493 e. The van der Waals surface area contributed by atoms with E-state index in [1.54, 1.807) is 26.4 Å². The number of unbranched alkanes of at least 4 members (excludes halogenated alkanes) is 2. The Morgan fingerprint density at radius 1 is 0.967 bits per heavy atom. The number of hydrogen-bond acceptors (Lipinski definition) is 5. The van der Waals surface area contributed by atoms with Crippen molar-refractivity contribution in [3.63, 3.8) is 0 Å². The summed E-state index contributed by atoms with van der Waals surface area (Å²) in [5.74, 6) is 1.73. The number of amides is 2. The average molecular weight is 415 g/mol. The second-order valence-corrected chi connectivity index (χ2v) is 8.61. The van der Waals surface area contributed by atoms with Gasteiger partial charge in [-0.1, -0.05) is 39.7 Å². The first kappa shape index (κ1) is 22.2. The Bertz CT molecular complexity index is 822. The number of carbonyl (C=O) groups is 2. The van der Waals surface area contributed by atoms with Crippen molar-refractivity contribution in [3.8, 4) is 11.5 Å². The van der Waals surface area contributed by atoms with Gasteiger partial charge in [0.2, 0.25) is 0 Å². The number of nitrogens with zero attached hydrogens (tertiary/aromatic N) is 2. The van der Waals surface area contributed by atoms with E-state index in [9.17, 15) is 9.59 Å². The fourth-order valence-corrected chi connectivity index (χ4v) is 4.68. The molecule has 6 heteroatoms. The van der Waals surface area contributed by atoms with Crippen LogP contribution in [0, 0.1) is 11.8 Å². The summed E-state index contributed by atoms with van der Waals surface area (Å²) >= 11 is 0. The second kappa shape index (κ2) is 9.54. The minimum Gasteiger partial charge on any atom is -0.493 e. The van der Waals surface area contributed by atoms with Crippen LogP contribution in [0.4, 0.5) is 0 Å². The Morgan fingerprint density at radius 3 is 2.23 bits per heavy atom. The number of methoxy groups -OCH3 is 2. The van der Waals surface area contributed by atoms with Gasteiger partial charge in [-0.3, -0.25) is 14.5 Å². The lowest BCUT2D eigenvalue weighted by Crippen LogP contribution is -2.42. The van der Waals surface area contributed by atoms with Gasteiger partial charge in [0.05, 0.1) is 19.8 Å². The molecule has 0 spiro atoms. The van der Waals surface area contributed by atoms with Crippen molar-refractivity contribution in [1.29, 1.82) is 0 Å². The van der Waals surface area contributed by atoms with Crippen molar-refractivity contribution in [2.75, 3.05) is 33.9 Å². The van der Waals surface area contributed by atoms with E-state index in [-0.39, 0.29) is 11.8 Å². The van der Waals surface area contributed by atoms with Crippen LogP contribution in [0.3, 0.4) is 0 Å². The molecule has 2 heterocycles. The first-order valence-corrected chi connectivity index (χ1v) is 11.0. The summed E-state index contributed by atoms with van der Waals surface area (Å²) in [6.45, 7) is 8.57. The van der Waals surface area contributed by atoms with E-state index in [0.717, 1.165) is 38.8 Å². The molecule has 3 rings (SSSR count). The number of imide groups is 1. The minimum absolute atomic E-state index is 0.165. The molecule has 2 aliphatic rings. The summed E-state index contributed by atoms with van der Waals surface area (Å²) in [5.41, 5.74) is 1.73. The van der Waals surface area contributed by atoms with Gasteiger partial charge in [0, 0.05) is 19.6 Å². The van der Waals surface area contributed by atoms with Gasteiger partial charge in [-0.2, -0.15) is 0 Å². The third-order valence-electron chi connectivity index (χ3n) is 5.99. The van der Waals surface area contributed by atoms with Crippen molar-refractivity contribution in [1.82, 2.24) is 9.80 Å². The highest BCUT2D eigenvalue weighted by atomic mass is 16.5. The summed E-state index contributed by atoms with van der Waals surface area (Å²) in [7, 11) is 3.15. The number of piperidine rings is 1. The number of benzene rings is 1. The summed E-state index contributed by atoms with van der Waals surface area (Å²) < 4.78 is 10.8. The summed E-state index contributed by atoms with van der Waals surface area (Å²) in [6, 6.07) is 5.43. The molecular formula is C24H34N2O4. The highest BCUT2D eigenvalue weighted by molar-refractivity contribution is 6.35. The fraction of sp³-hybridized carbons (Fsp3) is 0.583. The maximum absolute atomic E-state index is 13.4. The molecular weight excluding hydrogens is 380 g/mol. The molecule has 1 fully saturated rings. The molecule has 164 valence electrons. The smallest absolute Gasteiger partial charge is 0.277 e. The van der Waals surface area contributed by atoms with Crippen LogP contribution in [0.25, 0.3) is 5.57 Å². The monoisotopic (exact) mass is 414 g/mol. The van der Waals surface area contributed by atoms with Gasteiger partial charge >= 0.3 is 0 Å². The zero-order valence-electron chi connectivity index (χ0n) is 18.9. The quantitative estimate of drug-likeness (QED) is 0.476. The third-order valence-corrected chi connectivity index (χ3v) is 5.99. The summed E-state index contributed by atoms with van der Waals surface area (Å²) in [4.78, 5) is 30.4. The van der Waals surface area contributed by atoms with Crippen molar-refractivity contribution in [2.24, 2.45) is 11.8 Å². The van der Waals surface area contributed by atoms with Crippen LogP contribution >= 0.6 is 0 Å². The minimum atomic E-state index is -0.204. The van der Waals surface area contributed by atoms with Crippen LogP contribution in [-0.2, 0) is 9.59 Å². The van der Waals surface area contributed by atoms with Gasteiger partial charge in [-0.15, -0.1) is 0 Å². The first-order chi connectivity index (χ1) is 14.4. The molecule has 2 atom stereocenters. The highest BCUT2D eigenvalue weighted by Gasteiger charge is 2.42. The van der Waals surface area contributed by atoms with E-state index < -0.39 is 0 Å². The topological polar surface area (TPSA) is 59.1 Å². The SMILES string of the molecule is CCCCCN1C(=O)C(c2ccc(OC)c(OC)c2)=C(N2CC(C)CC(C)C2)C1=O. The lowest BCUT2D eigenvalue weighted by atomic mass is 9.91. The van der Waals surface area contributed by atoms with Crippen molar-refractivity contribution in [2.45, 2.75) is 46.5 Å². The van der Waals surface area contributed by atoms with Gasteiger partial charge in [-0.25, -0.2) is 0 Å². The molecule has 1 aromatic carbocycles. The maximum atomic E-state index is 13.4. The summed E-state index contributed by atoms with van der Waals surface area (Å²) in [6.07, 6.45) is 4.00. The van der Waals surface area contributed by atoms with E-state index in [1.807, 2.05) is 6.07 Å². The molecule has 0 bridgehead atoms.